The first-order valence-electron chi connectivity index (χ1n) is 6.75. The zero-order valence-corrected chi connectivity index (χ0v) is 13.0. The molecule has 0 spiro atoms. The van der Waals surface area contributed by atoms with Crippen molar-refractivity contribution in [2.24, 2.45) is 0 Å². The van der Waals surface area contributed by atoms with Crippen LogP contribution >= 0.6 is 0 Å². The first-order valence-corrected chi connectivity index (χ1v) is 6.75. The second kappa shape index (κ2) is 5.93. The maximum absolute atomic E-state index is 9.39. The number of nitrogens with one attached hydrogen (secondary N) is 1. The van der Waals surface area contributed by atoms with Crippen LogP contribution in [0.5, 0.6) is 5.75 Å². The molecule has 0 saturated heterocycles. The molecule has 0 bridgehead atoms. The Morgan fingerprint density at radius 3 is 2.32 bits per heavy atom. The van der Waals surface area contributed by atoms with Gasteiger partial charge in [0.1, 0.15) is 12.4 Å². The van der Waals surface area contributed by atoms with Crippen LogP contribution in [0.3, 0.4) is 0 Å². The maximum atomic E-state index is 9.39. The number of rotatable bonds is 5. The number of hydrogen-bond donors (Lipinski definition) is 2. The lowest BCUT2D eigenvalue weighted by molar-refractivity contribution is 0.121. The number of hydrogen-bond acceptors (Lipinski definition) is 3. The van der Waals surface area contributed by atoms with Gasteiger partial charge in [-0.1, -0.05) is 38.5 Å². The van der Waals surface area contributed by atoms with Crippen LogP contribution in [-0.2, 0) is 5.41 Å². The Hall–Kier alpha value is -1.06. The van der Waals surface area contributed by atoms with E-state index in [2.05, 4.69) is 45.1 Å². The monoisotopic (exact) mass is 265 g/mol. The van der Waals surface area contributed by atoms with Crippen LogP contribution in [-0.4, -0.2) is 30.9 Å². The van der Waals surface area contributed by atoms with Gasteiger partial charge in [-0.15, -0.1) is 0 Å². The molecule has 1 rings (SSSR count). The van der Waals surface area contributed by atoms with Gasteiger partial charge >= 0.3 is 0 Å². The predicted molar refractivity (Wildman–Crippen MR) is 79.9 cm³/mol. The van der Waals surface area contributed by atoms with Crippen LogP contribution in [0.1, 0.15) is 38.8 Å². The Labute approximate surface area is 117 Å². The van der Waals surface area contributed by atoms with Crippen molar-refractivity contribution in [1.82, 2.24) is 5.32 Å². The van der Waals surface area contributed by atoms with E-state index in [4.69, 9.17) is 4.74 Å². The summed E-state index contributed by atoms with van der Waals surface area (Å²) in [4.78, 5) is 0. The predicted octanol–water partition coefficient (Wildman–Crippen LogP) is 2.64. The Kier molecular flexibility index (Phi) is 4.99. The lowest BCUT2D eigenvalue weighted by Crippen LogP contribution is -2.48. The summed E-state index contributed by atoms with van der Waals surface area (Å²) < 4.78 is 5.94. The van der Waals surface area contributed by atoms with Crippen molar-refractivity contribution in [2.45, 2.75) is 45.6 Å². The van der Waals surface area contributed by atoms with Crippen LogP contribution in [0.25, 0.3) is 0 Å². The fraction of sp³-hybridized carbons (Fsp3) is 0.625. The van der Waals surface area contributed by atoms with E-state index in [1.165, 1.54) is 11.1 Å². The fourth-order valence-corrected chi connectivity index (χ4v) is 1.79. The van der Waals surface area contributed by atoms with Crippen molar-refractivity contribution in [2.75, 3.05) is 20.3 Å². The Bertz CT molecular complexity index is 417. The smallest absolute Gasteiger partial charge is 0.123 e. The van der Waals surface area contributed by atoms with Crippen molar-refractivity contribution >= 4 is 0 Å². The summed E-state index contributed by atoms with van der Waals surface area (Å²) in [5.41, 5.74) is 2.05. The summed E-state index contributed by atoms with van der Waals surface area (Å²) in [6, 6.07) is 6.24. The molecule has 3 heteroatoms. The van der Waals surface area contributed by atoms with Crippen molar-refractivity contribution < 1.29 is 9.84 Å². The molecule has 0 aliphatic rings. The molecule has 0 aliphatic carbocycles. The average molecular weight is 265 g/mol. The van der Waals surface area contributed by atoms with Crippen LogP contribution < -0.4 is 10.1 Å². The third kappa shape index (κ3) is 4.22. The van der Waals surface area contributed by atoms with Gasteiger partial charge in [0, 0.05) is 0 Å². The third-order valence-electron chi connectivity index (χ3n) is 3.44. The van der Waals surface area contributed by atoms with Gasteiger partial charge in [0.15, 0.2) is 0 Å². The van der Waals surface area contributed by atoms with Crippen molar-refractivity contribution in [3.05, 3.63) is 29.3 Å². The molecule has 0 heterocycles. The quantitative estimate of drug-likeness (QED) is 0.860. The van der Waals surface area contributed by atoms with Gasteiger partial charge in [-0.25, -0.2) is 0 Å². The molecule has 3 nitrogen and oxygen atoms in total. The zero-order chi connectivity index (χ0) is 14.7. The summed E-state index contributed by atoms with van der Waals surface area (Å²) in [7, 11) is 1.83. The molecule has 2 N–H and O–H groups in total. The molecule has 1 aromatic carbocycles. The standard InChI is InChI=1S/C16H27NO2/c1-12-7-8-14(13(9-12)15(2,3)4)19-11-16(5,10-18)17-6/h7-9,17-18H,10-11H2,1-6H3. The van der Waals surface area contributed by atoms with E-state index in [9.17, 15) is 5.11 Å². The minimum Gasteiger partial charge on any atom is -0.491 e. The molecular formula is C16H27NO2. The van der Waals surface area contributed by atoms with Gasteiger partial charge in [-0.05, 0) is 37.9 Å². The molecule has 0 radical (unpaired) electrons. The normalized spacial score (nSPS) is 15.1. The van der Waals surface area contributed by atoms with E-state index >= 15 is 0 Å². The molecule has 108 valence electrons. The van der Waals surface area contributed by atoms with E-state index in [0.29, 0.717) is 6.61 Å². The summed E-state index contributed by atoms with van der Waals surface area (Å²) >= 11 is 0. The van der Waals surface area contributed by atoms with Crippen LogP contribution in [0.4, 0.5) is 0 Å². The van der Waals surface area contributed by atoms with E-state index in [1.54, 1.807) is 0 Å². The van der Waals surface area contributed by atoms with Crippen LogP contribution in [0.2, 0.25) is 0 Å². The third-order valence-corrected chi connectivity index (χ3v) is 3.44. The summed E-state index contributed by atoms with van der Waals surface area (Å²) in [5.74, 6) is 0.896. The van der Waals surface area contributed by atoms with Gasteiger partial charge in [-0.2, -0.15) is 0 Å². The van der Waals surface area contributed by atoms with E-state index in [-0.39, 0.29) is 12.0 Å². The lowest BCUT2D eigenvalue weighted by Gasteiger charge is -2.29. The molecule has 0 aromatic heterocycles. The maximum Gasteiger partial charge on any atom is 0.123 e. The number of ether oxygens (including phenoxy) is 1. The topological polar surface area (TPSA) is 41.5 Å². The minimum absolute atomic E-state index is 0.0383. The Balaban J connectivity index is 2.96. The number of aryl methyl sites for hydroxylation is 1. The van der Waals surface area contributed by atoms with Crippen molar-refractivity contribution in [1.29, 1.82) is 0 Å². The highest BCUT2D eigenvalue weighted by Gasteiger charge is 2.24. The number of likely N-dealkylation sites (N-methyl/N-ethyl adjacent to an activating group) is 1. The summed E-state index contributed by atoms with van der Waals surface area (Å²) in [6.07, 6.45) is 0. The van der Waals surface area contributed by atoms with Gasteiger partial charge in [0.05, 0.1) is 12.1 Å². The molecule has 0 saturated carbocycles. The van der Waals surface area contributed by atoms with Gasteiger partial charge in [-0.3, -0.25) is 0 Å². The highest BCUT2D eigenvalue weighted by molar-refractivity contribution is 5.41. The van der Waals surface area contributed by atoms with E-state index in [0.717, 1.165) is 5.75 Å². The average Bonchev–Trinajstić information content (AvgIpc) is 2.36. The van der Waals surface area contributed by atoms with Gasteiger partial charge in [0.2, 0.25) is 0 Å². The summed E-state index contributed by atoms with van der Waals surface area (Å²) in [5, 5.41) is 12.5. The SMILES string of the molecule is CNC(C)(CO)COc1ccc(C)cc1C(C)(C)C. The summed E-state index contributed by atoms with van der Waals surface area (Å²) in [6.45, 7) is 11.0. The van der Waals surface area contributed by atoms with Crippen LogP contribution in [0, 0.1) is 6.92 Å². The first kappa shape index (κ1) is 16.0. The van der Waals surface area contributed by atoms with Gasteiger partial charge < -0.3 is 15.2 Å². The van der Waals surface area contributed by atoms with Gasteiger partial charge in [0.25, 0.3) is 0 Å². The number of aliphatic hydroxyl groups is 1. The molecule has 1 atom stereocenters. The Morgan fingerprint density at radius 1 is 1.21 bits per heavy atom. The highest BCUT2D eigenvalue weighted by Crippen LogP contribution is 2.32. The molecule has 19 heavy (non-hydrogen) atoms. The number of aliphatic hydroxyl groups excluding tert-OH is 1. The second-order valence-corrected chi connectivity index (χ2v) is 6.51. The first-order chi connectivity index (χ1) is 8.72. The fourth-order valence-electron chi connectivity index (χ4n) is 1.79. The minimum atomic E-state index is -0.417. The molecule has 0 fully saturated rings. The van der Waals surface area contributed by atoms with Crippen molar-refractivity contribution in [3.8, 4) is 5.75 Å². The Morgan fingerprint density at radius 2 is 1.84 bits per heavy atom. The number of benzene rings is 1. The molecular weight excluding hydrogens is 238 g/mol. The largest absolute Gasteiger partial charge is 0.491 e. The van der Waals surface area contributed by atoms with Crippen LogP contribution in [0.15, 0.2) is 18.2 Å². The zero-order valence-electron chi connectivity index (χ0n) is 13.0. The van der Waals surface area contributed by atoms with E-state index < -0.39 is 5.54 Å². The lowest BCUT2D eigenvalue weighted by atomic mass is 9.85. The second-order valence-electron chi connectivity index (χ2n) is 6.51. The molecule has 1 unspecified atom stereocenters. The molecule has 0 amide bonds. The molecule has 1 aromatic rings. The molecule has 0 aliphatic heterocycles. The highest BCUT2D eigenvalue weighted by atomic mass is 16.5. The van der Waals surface area contributed by atoms with E-state index in [1.807, 2.05) is 20.0 Å². The van der Waals surface area contributed by atoms with Crippen molar-refractivity contribution in [3.63, 3.8) is 0 Å².